The molecule has 1 fully saturated rings. The zero-order valence-electron chi connectivity index (χ0n) is 17.6. The molecule has 8 nitrogen and oxygen atoms in total. The lowest BCUT2D eigenvalue weighted by molar-refractivity contribution is -0.127. The zero-order chi connectivity index (χ0) is 23.3. The first kappa shape index (κ1) is 23.6. The Morgan fingerprint density at radius 1 is 1.28 bits per heavy atom. The Bertz CT molecular complexity index is 1160. The molecule has 1 heterocycles. The van der Waals surface area contributed by atoms with Crippen LogP contribution in [0.5, 0.6) is 5.75 Å². The van der Waals surface area contributed by atoms with Crippen molar-refractivity contribution in [2.24, 2.45) is 4.40 Å². The number of amides is 2. The number of anilines is 1. The third kappa shape index (κ3) is 5.57. The van der Waals surface area contributed by atoms with Crippen LogP contribution in [0.2, 0.25) is 0 Å². The number of hydrogen-bond acceptors (Lipinski definition) is 6. The summed E-state index contributed by atoms with van der Waals surface area (Å²) in [6, 6.07) is 13.1. The van der Waals surface area contributed by atoms with Crippen molar-refractivity contribution in [2.45, 2.75) is 23.5 Å². The molecule has 2 aromatic rings. The van der Waals surface area contributed by atoms with Crippen molar-refractivity contribution in [3.63, 3.8) is 0 Å². The monoisotopic (exact) mass is 473 g/mol. The molecule has 1 saturated heterocycles. The number of sulfonamides is 1. The Morgan fingerprint density at radius 2 is 2.00 bits per heavy atom. The van der Waals surface area contributed by atoms with Gasteiger partial charge in [-0.25, -0.2) is 0 Å². The summed E-state index contributed by atoms with van der Waals surface area (Å²) < 4.78 is 34.5. The normalized spacial score (nSPS) is 17.4. The summed E-state index contributed by atoms with van der Waals surface area (Å²) in [7, 11) is -2.50. The molecule has 0 spiro atoms. The first-order valence-electron chi connectivity index (χ1n) is 9.68. The van der Waals surface area contributed by atoms with Crippen molar-refractivity contribution < 1.29 is 22.7 Å². The molecule has 0 saturated carbocycles. The number of benzene rings is 2. The van der Waals surface area contributed by atoms with E-state index in [1.807, 2.05) is 6.92 Å². The minimum atomic E-state index is -4.02. The van der Waals surface area contributed by atoms with Crippen molar-refractivity contribution in [3.8, 4) is 5.75 Å². The second-order valence-corrected chi connectivity index (χ2v) is 9.76. The van der Waals surface area contributed by atoms with Gasteiger partial charge >= 0.3 is 0 Å². The van der Waals surface area contributed by atoms with E-state index in [1.54, 1.807) is 36.4 Å². The van der Waals surface area contributed by atoms with Gasteiger partial charge in [-0.1, -0.05) is 41.6 Å². The summed E-state index contributed by atoms with van der Waals surface area (Å²) in [6.45, 7) is 5.55. The number of amidine groups is 1. The molecule has 1 atom stereocenters. The summed E-state index contributed by atoms with van der Waals surface area (Å²) >= 11 is 0.952. The molecule has 1 aliphatic heterocycles. The Hall–Kier alpha value is -3.11. The molecule has 1 unspecified atom stereocenters. The molecule has 1 aliphatic rings. The van der Waals surface area contributed by atoms with E-state index in [9.17, 15) is 18.0 Å². The SMILES string of the molecule is C=CCN1C(=O)C(CC(=O)Nc2cccc(OC)c2)S/C1=N/S(=O)(=O)c1ccc(C)cc1. The van der Waals surface area contributed by atoms with Crippen molar-refractivity contribution in [1.82, 2.24) is 4.90 Å². The van der Waals surface area contributed by atoms with Crippen LogP contribution in [-0.4, -0.2) is 49.2 Å². The fourth-order valence-corrected chi connectivity index (χ4v) is 5.32. The lowest BCUT2D eigenvalue weighted by Gasteiger charge is -2.13. The van der Waals surface area contributed by atoms with E-state index in [0.717, 1.165) is 17.3 Å². The minimum absolute atomic E-state index is 0.0228. The highest BCUT2D eigenvalue weighted by atomic mass is 32.2. The molecule has 0 aliphatic carbocycles. The molecular formula is C22H23N3O5S2. The van der Waals surface area contributed by atoms with E-state index >= 15 is 0 Å². The van der Waals surface area contributed by atoms with Gasteiger partial charge in [-0.2, -0.15) is 8.42 Å². The van der Waals surface area contributed by atoms with Crippen molar-refractivity contribution in [3.05, 3.63) is 66.7 Å². The molecule has 3 rings (SSSR count). The summed E-state index contributed by atoms with van der Waals surface area (Å²) in [4.78, 5) is 26.6. The van der Waals surface area contributed by atoms with Gasteiger partial charge in [0.2, 0.25) is 11.8 Å². The summed E-state index contributed by atoms with van der Waals surface area (Å²) in [5, 5.41) is 1.95. The standard InChI is InChI=1S/C22H23N3O5S2/c1-4-12-25-21(27)19(14-20(26)23-16-6-5-7-17(13-16)30-3)31-22(25)24-32(28,29)18-10-8-15(2)9-11-18/h4-11,13,19H,1,12,14H2,2-3H3,(H,23,26)/b24-22+. The van der Waals surface area contributed by atoms with Crippen LogP contribution >= 0.6 is 11.8 Å². The lowest BCUT2D eigenvalue weighted by Crippen LogP contribution is -2.33. The van der Waals surface area contributed by atoms with E-state index in [4.69, 9.17) is 4.74 Å². The molecular weight excluding hydrogens is 450 g/mol. The Kier molecular flexibility index (Phi) is 7.37. The summed E-state index contributed by atoms with van der Waals surface area (Å²) in [6.07, 6.45) is 1.34. The Labute approximate surface area is 191 Å². The van der Waals surface area contributed by atoms with Crippen LogP contribution in [0.15, 0.2) is 70.5 Å². The molecule has 32 heavy (non-hydrogen) atoms. The largest absolute Gasteiger partial charge is 0.497 e. The maximum absolute atomic E-state index is 12.8. The van der Waals surface area contributed by atoms with Gasteiger partial charge in [-0.3, -0.25) is 14.5 Å². The number of carbonyl (C=O) groups excluding carboxylic acids is 2. The van der Waals surface area contributed by atoms with Crippen LogP contribution in [0.4, 0.5) is 5.69 Å². The smallest absolute Gasteiger partial charge is 0.284 e. The number of carbonyl (C=O) groups is 2. The summed E-state index contributed by atoms with van der Waals surface area (Å²) in [5.74, 6) is -0.194. The molecule has 2 amide bonds. The first-order chi connectivity index (χ1) is 15.2. The average Bonchev–Trinajstić information content (AvgIpc) is 3.02. The maximum Gasteiger partial charge on any atom is 0.284 e. The predicted octanol–water partition coefficient (Wildman–Crippen LogP) is 3.21. The van der Waals surface area contributed by atoms with Gasteiger partial charge in [0.25, 0.3) is 10.0 Å². The van der Waals surface area contributed by atoms with Crippen molar-refractivity contribution in [1.29, 1.82) is 0 Å². The molecule has 10 heteroatoms. The molecule has 168 valence electrons. The highest BCUT2D eigenvalue weighted by Gasteiger charge is 2.39. The quantitative estimate of drug-likeness (QED) is 0.591. The van der Waals surface area contributed by atoms with Crippen molar-refractivity contribution >= 4 is 44.5 Å². The zero-order valence-corrected chi connectivity index (χ0v) is 19.3. The van der Waals surface area contributed by atoms with E-state index in [1.165, 1.54) is 30.2 Å². The second kappa shape index (κ2) is 10.0. The Morgan fingerprint density at radius 3 is 2.66 bits per heavy atom. The van der Waals surface area contributed by atoms with Gasteiger partial charge in [-0.05, 0) is 31.2 Å². The third-order valence-corrected chi connectivity index (χ3v) is 7.15. The van der Waals surface area contributed by atoms with Gasteiger partial charge in [0.15, 0.2) is 5.17 Å². The highest BCUT2D eigenvalue weighted by Crippen LogP contribution is 2.31. The topological polar surface area (TPSA) is 105 Å². The number of methoxy groups -OCH3 is 1. The van der Waals surface area contributed by atoms with Crippen LogP contribution in [0, 0.1) is 6.92 Å². The van der Waals surface area contributed by atoms with E-state index in [0.29, 0.717) is 11.4 Å². The van der Waals surface area contributed by atoms with Crippen LogP contribution in [0.25, 0.3) is 0 Å². The number of hydrogen-bond donors (Lipinski definition) is 1. The minimum Gasteiger partial charge on any atom is -0.497 e. The van der Waals surface area contributed by atoms with Gasteiger partial charge in [0, 0.05) is 24.7 Å². The molecule has 0 aromatic heterocycles. The fraction of sp³-hybridized carbons (Fsp3) is 0.227. The number of rotatable bonds is 8. The van der Waals surface area contributed by atoms with E-state index in [-0.39, 0.29) is 28.9 Å². The van der Waals surface area contributed by atoms with Crippen LogP contribution in [0.1, 0.15) is 12.0 Å². The number of thioether (sulfide) groups is 1. The number of ether oxygens (including phenoxy) is 1. The Balaban J connectivity index is 1.78. The lowest BCUT2D eigenvalue weighted by atomic mass is 10.2. The predicted molar refractivity (Wildman–Crippen MR) is 125 cm³/mol. The number of nitrogens with zero attached hydrogens (tertiary/aromatic N) is 2. The first-order valence-corrected chi connectivity index (χ1v) is 12.0. The maximum atomic E-state index is 12.8. The van der Waals surface area contributed by atoms with Gasteiger partial charge in [0.05, 0.1) is 12.0 Å². The average molecular weight is 474 g/mol. The molecule has 1 N–H and O–H groups in total. The van der Waals surface area contributed by atoms with E-state index < -0.39 is 21.2 Å². The highest BCUT2D eigenvalue weighted by molar-refractivity contribution is 8.16. The third-order valence-electron chi connectivity index (χ3n) is 4.57. The summed E-state index contributed by atoms with van der Waals surface area (Å²) in [5.41, 5.74) is 1.45. The van der Waals surface area contributed by atoms with Crippen molar-refractivity contribution in [2.75, 3.05) is 19.0 Å². The molecule has 2 aromatic carbocycles. The van der Waals surface area contributed by atoms with Crippen LogP contribution in [0.3, 0.4) is 0 Å². The van der Waals surface area contributed by atoms with Gasteiger partial charge < -0.3 is 10.1 Å². The second-order valence-electron chi connectivity index (χ2n) is 6.99. The fourth-order valence-electron chi connectivity index (χ4n) is 2.95. The number of nitrogens with one attached hydrogen (secondary N) is 1. The van der Waals surface area contributed by atoms with Crippen LogP contribution < -0.4 is 10.1 Å². The van der Waals surface area contributed by atoms with Gasteiger partial charge in [-0.15, -0.1) is 11.0 Å². The van der Waals surface area contributed by atoms with Crippen LogP contribution in [-0.2, 0) is 19.6 Å². The molecule has 0 radical (unpaired) electrons. The van der Waals surface area contributed by atoms with E-state index in [2.05, 4.69) is 16.3 Å². The van der Waals surface area contributed by atoms with Gasteiger partial charge in [0.1, 0.15) is 11.0 Å². The molecule has 0 bridgehead atoms. The number of aryl methyl sites for hydroxylation is 1.